The number of rotatable bonds is 5. The number of amides is 1. The Hall–Kier alpha value is -2.15. The van der Waals surface area contributed by atoms with Crippen molar-refractivity contribution in [3.8, 4) is 11.6 Å². The van der Waals surface area contributed by atoms with Gasteiger partial charge in [-0.3, -0.25) is 4.79 Å². The fourth-order valence-electron chi connectivity index (χ4n) is 2.46. The lowest BCUT2D eigenvalue weighted by Gasteiger charge is -2.17. The summed E-state index contributed by atoms with van der Waals surface area (Å²) in [6, 6.07) is 9.68. The zero-order chi connectivity index (χ0) is 16.9. The molecule has 0 spiro atoms. The van der Waals surface area contributed by atoms with E-state index in [1.54, 1.807) is 23.2 Å². The predicted octanol–water partition coefficient (Wildman–Crippen LogP) is 3.04. The molecule has 1 aromatic carbocycles. The molecule has 0 N–H and O–H groups in total. The minimum Gasteiger partial charge on any atom is -0.481 e. The second-order valence-corrected chi connectivity index (χ2v) is 6.23. The molecule has 1 aromatic heterocycles. The van der Waals surface area contributed by atoms with Crippen LogP contribution in [-0.2, 0) is 4.79 Å². The van der Waals surface area contributed by atoms with Gasteiger partial charge in [-0.25, -0.2) is 9.37 Å². The number of halogens is 2. The van der Waals surface area contributed by atoms with E-state index in [0.29, 0.717) is 25.4 Å². The van der Waals surface area contributed by atoms with E-state index in [9.17, 15) is 9.18 Å². The molecule has 2 heterocycles. The molecule has 1 atom stereocenters. The van der Waals surface area contributed by atoms with Crippen molar-refractivity contribution in [2.45, 2.75) is 12.5 Å². The molecule has 5 nitrogen and oxygen atoms in total. The van der Waals surface area contributed by atoms with Crippen molar-refractivity contribution in [1.29, 1.82) is 0 Å². The average molecular weight is 395 g/mol. The van der Waals surface area contributed by atoms with Crippen molar-refractivity contribution in [3.05, 3.63) is 52.9 Å². The third kappa shape index (κ3) is 4.03. The molecule has 0 saturated carbocycles. The van der Waals surface area contributed by atoms with Crippen LogP contribution in [0.2, 0.25) is 0 Å². The van der Waals surface area contributed by atoms with Gasteiger partial charge >= 0.3 is 0 Å². The summed E-state index contributed by atoms with van der Waals surface area (Å²) in [6.07, 6.45) is 2.25. The van der Waals surface area contributed by atoms with E-state index in [1.165, 1.54) is 12.1 Å². The number of aromatic nitrogens is 1. The van der Waals surface area contributed by atoms with E-state index in [0.717, 1.165) is 4.47 Å². The Morgan fingerprint density at radius 3 is 2.96 bits per heavy atom. The van der Waals surface area contributed by atoms with Crippen molar-refractivity contribution in [3.63, 3.8) is 0 Å². The van der Waals surface area contributed by atoms with Crippen LogP contribution in [0, 0.1) is 5.82 Å². The molecule has 1 unspecified atom stereocenters. The number of para-hydroxylation sites is 1. The maximum absolute atomic E-state index is 13.5. The van der Waals surface area contributed by atoms with Crippen LogP contribution in [0.1, 0.15) is 6.42 Å². The van der Waals surface area contributed by atoms with E-state index >= 15 is 0 Å². The Labute approximate surface area is 147 Å². The topological polar surface area (TPSA) is 51.7 Å². The number of hydrogen-bond acceptors (Lipinski definition) is 4. The third-order valence-corrected chi connectivity index (χ3v) is 4.29. The molecule has 1 amide bonds. The summed E-state index contributed by atoms with van der Waals surface area (Å²) in [5.41, 5.74) is 0. The molecule has 1 saturated heterocycles. The van der Waals surface area contributed by atoms with Gasteiger partial charge in [-0.15, -0.1) is 0 Å². The quantitative estimate of drug-likeness (QED) is 0.781. The van der Waals surface area contributed by atoms with E-state index in [4.69, 9.17) is 9.47 Å². The van der Waals surface area contributed by atoms with Gasteiger partial charge in [0.2, 0.25) is 5.88 Å². The van der Waals surface area contributed by atoms with E-state index in [2.05, 4.69) is 20.9 Å². The number of hydrogen-bond donors (Lipinski definition) is 0. The maximum atomic E-state index is 13.5. The number of carbonyl (C=O) groups is 1. The molecule has 0 aliphatic carbocycles. The Bertz CT molecular complexity index is 728. The van der Waals surface area contributed by atoms with Gasteiger partial charge in [0.1, 0.15) is 6.10 Å². The lowest BCUT2D eigenvalue weighted by atomic mass is 10.3. The van der Waals surface area contributed by atoms with Crippen molar-refractivity contribution in [2.75, 3.05) is 19.7 Å². The summed E-state index contributed by atoms with van der Waals surface area (Å²) >= 11 is 3.38. The number of carbonyl (C=O) groups excluding carboxylic acids is 1. The Morgan fingerprint density at radius 2 is 2.17 bits per heavy atom. The normalized spacial score (nSPS) is 16.9. The first-order valence-corrected chi connectivity index (χ1v) is 8.35. The second-order valence-electron chi connectivity index (χ2n) is 5.38. The van der Waals surface area contributed by atoms with E-state index < -0.39 is 5.82 Å². The van der Waals surface area contributed by atoms with Crippen LogP contribution >= 0.6 is 15.9 Å². The smallest absolute Gasteiger partial charge is 0.260 e. The summed E-state index contributed by atoms with van der Waals surface area (Å²) in [6.45, 7) is 0.845. The van der Waals surface area contributed by atoms with Crippen molar-refractivity contribution < 1.29 is 18.7 Å². The molecular formula is C17H16BrFN2O3. The standard InChI is InChI=1S/C17H16BrFN2O3/c18-13-4-3-8-20-17(13)24-12-7-9-21(10-12)16(22)11-23-15-6-2-1-5-14(15)19/h1-6,8,12H,7,9-11H2. The van der Waals surface area contributed by atoms with Crippen LogP contribution in [0.15, 0.2) is 47.1 Å². The van der Waals surface area contributed by atoms with Crippen LogP contribution in [0.4, 0.5) is 4.39 Å². The first-order chi connectivity index (χ1) is 11.6. The van der Waals surface area contributed by atoms with Crippen LogP contribution in [0.5, 0.6) is 11.6 Å². The summed E-state index contributed by atoms with van der Waals surface area (Å²) in [7, 11) is 0. The highest BCUT2D eigenvalue weighted by molar-refractivity contribution is 9.10. The molecule has 126 valence electrons. The summed E-state index contributed by atoms with van der Waals surface area (Å²) in [5.74, 6) is -0.0768. The fraction of sp³-hybridized carbons (Fsp3) is 0.294. The molecule has 1 aliphatic rings. The molecule has 7 heteroatoms. The second kappa shape index (κ2) is 7.61. The minimum absolute atomic E-state index is 0.0789. The van der Waals surface area contributed by atoms with Crippen LogP contribution < -0.4 is 9.47 Å². The Balaban J connectivity index is 1.51. The van der Waals surface area contributed by atoms with Crippen LogP contribution in [0.3, 0.4) is 0 Å². The average Bonchev–Trinajstić information content (AvgIpc) is 3.05. The Kier molecular flexibility index (Phi) is 5.30. The van der Waals surface area contributed by atoms with Crippen molar-refractivity contribution in [2.24, 2.45) is 0 Å². The van der Waals surface area contributed by atoms with Gasteiger partial charge in [0.15, 0.2) is 18.2 Å². The van der Waals surface area contributed by atoms with Gasteiger partial charge in [-0.1, -0.05) is 12.1 Å². The van der Waals surface area contributed by atoms with Gasteiger partial charge in [0, 0.05) is 19.2 Å². The van der Waals surface area contributed by atoms with Gasteiger partial charge in [0.25, 0.3) is 5.91 Å². The van der Waals surface area contributed by atoms with Gasteiger partial charge < -0.3 is 14.4 Å². The maximum Gasteiger partial charge on any atom is 0.260 e. The highest BCUT2D eigenvalue weighted by Gasteiger charge is 2.28. The van der Waals surface area contributed by atoms with Crippen molar-refractivity contribution in [1.82, 2.24) is 9.88 Å². The van der Waals surface area contributed by atoms with E-state index in [1.807, 2.05) is 12.1 Å². The number of ether oxygens (including phenoxy) is 2. The number of benzene rings is 1. The van der Waals surface area contributed by atoms with Gasteiger partial charge in [0.05, 0.1) is 11.0 Å². The monoisotopic (exact) mass is 394 g/mol. The van der Waals surface area contributed by atoms with Gasteiger partial charge in [-0.2, -0.15) is 0 Å². The number of nitrogens with zero attached hydrogens (tertiary/aromatic N) is 2. The molecule has 1 aliphatic heterocycles. The molecule has 0 bridgehead atoms. The largest absolute Gasteiger partial charge is 0.481 e. The first kappa shape index (κ1) is 16.7. The molecule has 0 radical (unpaired) electrons. The molecular weight excluding hydrogens is 379 g/mol. The Morgan fingerprint density at radius 1 is 1.33 bits per heavy atom. The molecule has 24 heavy (non-hydrogen) atoms. The third-order valence-electron chi connectivity index (χ3n) is 3.69. The zero-order valence-corrected chi connectivity index (χ0v) is 14.4. The lowest BCUT2D eigenvalue weighted by molar-refractivity contribution is -0.132. The SMILES string of the molecule is O=C(COc1ccccc1F)N1CCC(Oc2ncccc2Br)C1. The summed E-state index contributed by atoms with van der Waals surface area (Å²) in [5, 5.41) is 0. The van der Waals surface area contributed by atoms with Crippen molar-refractivity contribution >= 4 is 21.8 Å². The molecule has 3 rings (SSSR count). The zero-order valence-electron chi connectivity index (χ0n) is 12.8. The lowest BCUT2D eigenvalue weighted by Crippen LogP contribution is -2.34. The predicted molar refractivity (Wildman–Crippen MR) is 89.4 cm³/mol. The highest BCUT2D eigenvalue weighted by atomic mass is 79.9. The van der Waals surface area contributed by atoms with Crippen LogP contribution in [0.25, 0.3) is 0 Å². The fourth-order valence-corrected chi connectivity index (χ4v) is 2.81. The summed E-state index contributed by atoms with van der Waals surface area (Å²) < 4.78 is 25.3. The first-order valence-electron chi connectivity index (χ1n) is 7.56. The number of likely N-dealkylation sites (tertiary alicyclic amines) is 1. The van der Waals surface area contributed by atoms with E-state index in [-0.39, 0.29) is 24.4 Å². The van der Waals surface area contributed by atoms with Crippen LogP contribution in [-0.4, -0.2) is 41.6 Å². The molecule has 2 aromatic rings. The minimum atomic E-state index is -0.479. The highest BCUT2D eigenvalue weighted by Crippen LogP contribution is 2.24. The van der Waals surface area contributed by atoms with Gasteiger partial charge in [-0.05, 0) is 40.2 Å². The number of pyridine rings is 1. The molecule has 1 fully saturated rings. The summed E-state index contributed by atoms with van der Waals surface area (Å²) in [4.78, 5) is 18.0.